The zero-order valence-corrected chi connectivity index (χ0v) is 18.9. The fourth-order valence-electron chi connectivity index (χ4n) is 3.76. The molecule has 0 bridgehead atoms. The Bertz CT molecular complexity index is 608. The molecule has 0 saturated heterocycles. The van der Waals surface area contributed by atoms with E-state index < -0.39 is 6.10 Å². The number of hydrogen-bond donors (Lipinski definition) is 2. The van der Waals surface area contributed by atoms with E-state index in [4.69, 9.17) is 7.85 Å². The van der Waals surface area contributed by atoms with Crippen molar-refractivity contribution in [2.75, 3.05) is 0 Å². The lowest BCUT2D eigenvalue weighted by molar-refractivity contribution is 0.125. The van der Waals surface area contributed by atoms with Gasteiger partial charge in [0.25, 0.3) is 0 Å². The van der Waals surface area contributed by atoms with Gasteiger partial charge in [0.1, 0.15) is 0 Å². The van der Waals surface area contributed by atoms with E-state index in [1.54, 1.807) is 11.3 Å². The van der Waals surface area contributed by atoms with Crippen molar-refractivity contribution in [2.24, 2.45) is 11.8 Å². The highest BCUT2D eigenvalue weighted by molar-refractivity contribution is 9.10. The van der Waals surface area contributed by atoms with Crippen LogP contribution in [0.25, 0.3) is 0 Å². The normalized spacial score (nSPS) is 27.1. The van der Waals surface area contributed by atoms with Crippen molar-refractivity contribution in [2.45, 2.75) is 76.8 Å². The smallest absolute Gasteiger partial charge is 0.0724 e. The van der Waals surface area contributed by atoms with Crippen LogP contribution in [0.4, 0.5) is 0 Å². The summed E-state index contributed by atoms with van der Waals surface area (Å²) in [5.74, 6) is 0.245. The van der Waals surface area contributed by atoms with Crippen molar-refractivity contribution in [1.82, 2.24) is 0 Å². The topological polar surface area (TPSA) is 40.5 Å². The first kappa shape index (κ1) is 22.9. The van der Waals surface area contributed by atoms with Gasteiger partial charge in [-0.3, -0.25) is 0 Å². The van der Waals surface area contributed by atoms with Gasteiger partial charge in [-0.05, 0) is 72.9 Å². The predicted octanol–water partition coefficient (Wildman–Crippen LogP) is 5.76. The second kappa shape index (κ2) is 11.6. The van der Waals surface area contributed by atoms with Crippen LogP contribution in [0.5, 0.6) is 0 Å². The molecule has 2 radical (unpaired) electrons. The van der Waals surface area contributed by atoms with Crippen LogP contribution in [0.15, 0.2) is 34.8 Å². The summed E-state index contributed by atoms with van der Waals surface area (Å²) in [6, 6.07) is 2.14. The Kier molecular flexibility index (Phi) is 9.85. The van der Waals surface area contributed by atoms with Crippen LogP contribution in [0.1, 0.15) is 55.2 Å². The van der Waals surface area contributed by atoms with Crippen molar-refractivity contribution >= 4 is 35.1 Å². The first-order valence-electron chi connectivity index (χ1n) is 10.1. The number of aliphatic hydroxyl groups is 2. The molecule has 5 atom stereocenters. The van der Waals surface area contributed by atoms with Crippen molar-refractivity contribution in [3.8, 4) is 0 Å². The quantitative estimate of drug-likeness (QED) is 0.270. The van der Waals surface area contributed by atoms with Crippen LogP contribution in [-0.2, 0) is 6.42 Å². The molecule has 1 fully saturated rings. The summed E-state index contributed by atoms with van der Waals surface area (Å²) in [7, 11) is 6.26. The van der Waals surface area contributed by atoms with Crippen molar-refractivity contribution < 1.29 is 10.2 Å². The third-order valence-corrected chi connectivity index (χ3v) is 7.64. The highest BCUT2D eigenvalue weighted by Crippen LogP contribution is 2.42. The van der Waals surface area contributed by atoms with Gasteiger partial charge < -0.3 is 10.2 Å². The Hall–Kier alpha value is -0.355. The van der Waals surface area contributed by atoms with E-state index in [0.717, 1.165) is 23.7 Å². The van der Waals surface area contributed by atoms with E-state index in [1.807, 2.05) is 12.2 Å². The maximum atomic E-state index is 10.4. The lowest BCUT2D eigenvalue weighted by Crippen LogP contribution is -2.18. The van der Waals surface area contributed by atoms with Gasteiger partial charge in [0, 0.05) is 14.2 Å². The summed E-state index contributed by atoms with van der Waals surface area (Å²) in [5, 5.41) is 20.7. The van der Waals surface area contributed by atoms with Crippen LogP contribution in [-0.4, -0.2) is 30.3 Å². The second-order valence-electron chi connectivity index (χ2n) is 7.67. The SMILES string of the molecule is [B][C@@H]1CC(O)[C@H](CC=CCCCC)[C@H]1/C=C/C(O)CCc1cc(Br)c(C)s1. The number of hydrogen-bond acceptors (Lipinski definition) is 3. The third-order valence-electron chi connectivity index (χ3n) is 5.45. The van der Waals surface area contributed by atoms with E-state index in [0.29, 0.717) is 12.8 Å². The van der Waals surface area contributed by atoms with Gasteiger partial charge in [0.05, 0.1) is 20.1 Å². The average molecular weight is 451 g/mol. The minimum Gasteiger partial charge on any atom is -0.393 e. The van der Waals surface area contributed by atoms with Crippen LogP contribution in [0, 0.1) is 18.8 Å². The maximum Gasteiger partial charge on any atom is 0.0724 e. The van der Waals surface area contributed by atoms with Gasteiger partial charge in [-0.15, -0.1) is 11.3 Å². The van der Waals surface area contributed by atoms with Gasteiger partial charge in [-0.1, -0.05) is 49.9 Å². The molecule has 5 heteroatoms. The average Bonchev–Trinajstić information content (AvgIpc) is 3.09. The Morgan fingerprint density at radius 2 is 2.19 bits per heavy atom. The summed E-state index contributed by atoms with van der Waals surface area (Å²) in [5.41, 5.74) is 0. The highest BCUT2D eigenvalue weighted by Gasteiger charge is 2.37. The van der Waals surface area contributed by atoms with E-state index in [2.05, 4.69) is 48.0 Å². The van der Waals surface area contributed by atoms with Crippen LogP contribution in [0.2, 0.25) is 5.82 Å². The molecular weight excluding hydrogens is 419 g/mol. The molecule has 0 aliphatic heterocycles. The second-order valence-corrected chi connectivity index (χ2v) is 9.86. The number of aryl methyl sites for hydroxylation is 2. The van der Waals surface area contributed by atoms with Gasteiger partial charge >= 0.3 is 0 Å². The molecule has 1 heterocycles. The molecule has 1 saturated carbocycles. The monoisotopic (exact) mass is 450 g/mol. The highest BCUT2D eigenvalue weighted by atomic mass is 79.9. The Morgan fingerprint density at radius 1 is 1.41 bits per heavy atom. The Balaban J connectivity index is 1.86. The largest absolute Gasteiger partial charge is 0.393 e. The van der Waals surface area contributed by atoms with E-state index in [1.165, 1.54) is 22.6 Å². The fourth-order valence-corrected chi connectivity index (χ4v) is 5.38. The lowest BCUT2D eigenvalue weighted by atomic mass is 9.75. The number of aliphatic hydroxyl groups excluding tert-OH is 2. The molecule has 27 heavy (non-hydrogen) atoms. The van der Waals surface area contributed by atoms with Crippen LogP contribution < -0.4 is 0 Å². The first-order chi connectivity index (χ1) is 12.9. The minimum atomic E-state index is -0.475. The summed E-state index contributed by atoms with van der Waals surface area (Å²) in [6.07, 6.45) is 14.1. The molecule has 2 nitrogen and oxygen atoms in total. The molecule has 1 aliphatic carbocycles. The van der Waals surface area contributed by atoms with Crippen molar-refractivity contribution in [3.63, 3.8) is 0 Å². The molecule has 2 unspecified atom stereocenters. The zero-order valence-electron chi connectivity index (χ0n) is 16.5. The number of halogens is 1. The van der Waals surface area contributed by atoms with Crippen molar-refractivity contribution in [1.29, 1.82) is 0 Å². The molecule has 0 aromatic carbocycles. The van der Waals surface area contributed by atoms with Crippen LogP contribution >= 0.6 is 27.3 Å². The van der Waals surface area contributed by atoms with Gasteiger partial charge in [0.15, 0.2) is 0 Å². The number of unbranched alkanes of at least 4 members (excludes halogenated alkanes) is 2. The van der Waals surface area contributed by atoms with E-state index in [-0.39, 0.29) is 23.8 Å². The standard InChI is InChI=1S/C22H32BBrO2S/c1-3-4-5-6-7-8-19-18(20(23)14-22(19)26)12-10-16(25)9-11-17-13-21(24)15(2)27-17/h6-7,10,12-13,16,18-20,22,25-26H,3-5,8-9,11,14H2,1-2H3/b7-6?,12-10+/t16?,18-,19-,20-,22?/m1/s1. The maximum absolute atomic E-state index is 10.4. The number of thiophene rings is 1. The lowest BCUT2D eigenvalue weighted by Gasteiger charge is -2.20. The summed E-state index contributed by atoms with van der Waals surface area (Å²) in [4.78, 5) is 2.56. The number of rotatable bonds is 10. The summed E-state index contributed by atoms with van der Waals surface area (Å²) >= 11 is 5.32. The Morgan fingerprint density at radius 3 is 2.85 bits per heavy atom. The summed E-state index contributed by atoms with van der Waals surface area (Å²) < 4.78 is 1.15. The molecule has 2 N–H and O–H groups in total. The Labute approximate surface area is 178 Å². The summed E-state index contributed by atoms with van der Waals surface area (Å²) in [6.45, 7) is 4.29. The van der Waals surface area contributed by atoms with Crippen LogP contribution in [0.3, 0.4) is 0 Å². The molecule has 0 amide bonds. The molecule has 1 aliphatic rings. The molecule has 2 rings (SSSR count). The van der Waals surface area contributed by atoms with Gasteiger partial charge in [0.2, 0.25) is 0 Å². The van der Waals surface area contributed by atoms with E-state index >= 15 is 0 Å². The zero-order chi connectivity index (χ0) is 19.8. The van der Waals surface area contributed by atoms with Gasteiger partial charge in [-0.2, -0.15) is 0 Å². The number of allylic oxidation sites excluding steroid dienone is 3. The molecule has 0 spiro atoms. The predicted molar refractivity (Wildman–Crippen MR) is 121 cm³/mol. The molecule has 148 valence electrons. The molecular formula is C22H32BBrO2S. The van der Waals surface area contributed by atoms with E-state index in [9.17, 15) is 10.2 Å². The third kappa shape index (κ3) is 7.19. The first-order valence-corrected chi connectivity index (χ1v) is 11.7. The molecule has 1 aromatic rings. The van der Waals surface area contributed by atoms with Crippen molar-refractivity contribution in [3.05, 3.63) is 44.6 Å². The minimum absolute atomic E-state index is 0.0339. The molecule has 1 aromatic heterocycles. The van der Waals surface area contributed by atoms with Gasteiger partial charge in [-0.25, -0.2) is 0 Å². The fraction of sp³-hybridized carbons (Fsp3) is 0.636.